The molecule has 0 aliphatic carbocycles. The molecule has 2 aromatic heterocycles. The lowest BCUT2D eigenvalue weighted by Gasteiger charge is -2.06. The Bertz CT molecular complexity index is 631. The van der Waals surface area contributed by atoms with Crippen LogP contribution in [0.2, 0.25) is 0 Å². The van der Waals surface area contributed by atoms with Gasteiger partial charge >= 0.3 is 0 Å². The van der Waals surface area contributed by atoms with Gasteiger partial charge in [0, 0.05) is 24.8 Å². The molecule has 2 rings (SSSR count). The van der Waals surface area contributed by atoms with Crippen LogP contribution in [0, 0.1) is 13.8 Å². The number of nitrogens with zero attached hydrogens (tertiary/aromatic N) is 3. The Kier molecular flexibility index (Phi) is 4.17. The van der Waals surface area contributed by atoms with Crippen molar-refractivity contribution in [2.75, 3.05) is 6.54 Å². The van der Waals surface area contributed by atoms with Crippen molar-refractivity contribution < 1.29 is 4.79 Å². The summed E-state index contributed by atoms with van der Waals surface area (Å²) >= 11 is 0. The summed E-state index contributed by atoms with van der Waals surface area (Å²) in [6.07, 6.45) is 0.909. The van der Waals surface area contributed by atoms with Crippen LogP contribution in [0.1, 0.15) is 35.2 Å². The van der Waals surface area contributed by atoms with E-state index in [1.807, 2.05) is 44.6 Å². The van der Waals surface area contributed by atoms with E-state index in [0.717, 1.165) is 29.1 Å². The highest BCUT2D eigenvalue weighted by Gasteiger charge is 2.14. The molecule has 5 heteroatoms. The number of carbonyl (C=O) groups excluding carboxylic acids is 1. The first-order valence-electron chi connectivity index (χ1n) is 6.80. The van der Waals surface area contributed by atoms with Gasteiger partial charge in [0.15, 0.2) is 0 Å². The Balaban J connectivity index is 2.37. The molecule has 0 unspecified atom stereocenters. The number of amides is 1. The van der Waals surface area contributed by atoms with Gasteiger partial charge in [-0.15, -0.1) is 0 Å². The van der Waals surface area contributed by atoms with Crippen molar-refractivity contribution in [3.05, 3.63) is 35.3 Å². The zero-order valence-corrected chi connectivity index (χ0v) is 12.4. The molecule has 0 spiro atoms. The molecule has 0 fully saturated rings. The molecule has 2 aromatic rings. The van der Waals surface area contributed by atoms with Gasteiger partial charge in [-0.1, -0.05) is 13.0 Å². The van der Waals surface area contributed by atoms with Gasteiger partial charge in [-0.05, 0) is 32.4 Å². The number of aromatic nitrogens is 3. The molecule has 2 heterocycles. The second-order valence-corrected chi connectivity index (χ2v) is 4.83. The highest BCUT2D eigenvalue weighted by atomic mass is 16.1. The van der Waals surface area contributed by atoms with E-state index in [1.165, 1.54) is 0 Å². The predicted octanol–water partition coefficient (Wildman–Crippen LogP) is 2.24. The monoisotopic (exact) mass is 272 g/mol. The molecular weight excluding hydrogens is 252 g/mol. The number of nitrogens with one attached hydrogen (secondary N) is 1. The molecule has 5 nitrogen and oxygen atoms in total. The van der Waals surface area contributed by atoms with E-state index in [1.54, 1.807) is 6.07 Å². The molecule has 0 atom stereocenters. The Labute approximate surface area is 119 Å². The van der Waals surface area contributed by atoms with Crippen molar-refractivity contribution in [1.29, 1.82) is 0 Å². The third kappa shape index (κ3) is 2.71. The summed E-state index contributed by atoms with van der Waals surface area (Å²) < 4.78 is 1.83. The fourth-order valence-electron chi connectivity index (χ4n) is 2.17. The minimum Gasteiger partial charge on any atom is -0.351 e. The molecule has 1 amide bonds. The van der Waals surface area contributed by atoms with E-state index in [-0.39, 0.29) is 5.91 Å². The second kappa shape index (κ2) is 5.86. The summed E-state index contributed by atoms with van der Waals surface area (Å²) in [5, 5.41) is 7.23. The lowest BCUT2D eigenvalue weighted by molar-refractivity contribution is 0.0949. The highest BCUT2D eigenvalue weighted by Crippen LogP contribution is 2.24. The standard InChI is InChI=1S/C15H20N4O/c1-5-9-16-15(20)13-8-6-7-12(17-13)14-10(2)18-19(4)11(14)3/h6-8H,5,9H2,1-4H3,(H,16,20). The van der Waals surface area contributed by atoms with Crippen molar-refractivity contribution in [1.82, 2.24) is 20.1 Å². The second-order valence-electron chi connectivity index (χ2n) is 4.83. The Morgan fingerprint density at radius 3 is 2.70 bits per heavy atom. The average molecular weight is 272 g/mol. The number of rotatable bonds is 4. The summed E-state index contributed by atoms with van der Waals surface area (Å²) in [5.41, 5.74) is 4.19. The minimum absolute atomic E-state index is 0.132. The van der Waals surface area contributed by atoms with Crippen LogP contribution in [0.4, 0.5) is 0 Å². The number of hydrogen-bond donors (Lipinski definition) is 1. The normalized spacial score (nSPS) is 10.6. The molecule has 0 radical (unpaired) electrons. The number of carbonyl (C=O) groups is 1. The lowest BCUT2D eigenvalue weighted by Crippen LogP contribution is -2.25. The van der Waals surface area contributed by atoms with Crippen molar-refractivity contribution in [2.45, 2.75) is 27.2 Å². The van der Waals surface area contributed by atoms with Crippen molar-refractivity contribution in [3.63, 3.8) is 0 Å². The van der Waals surface area contributed by atoms with Crippen LogP contribution in [-0.4, -0.2) is 27.2 Å². The molecule has 0 bridgehead atoms. The van der Waals surface area contributed by atoms with E-state index in [9.17, 15) is 4.79 Å². The van der Waals surface area contributed by atoms with Crippen LogP contribution in [0.15, 0.2) is 18.2 Å². The first-order valence-corrected chi connectivity index (χ1v) is 6.80. The van der Waals surface area contributed by atoms with Gasteiger partial charge in [-0.3, -0.25) is 9.48 Å². The van der Waals surface area contributed by atoms with E-state index < -0.39 is 0 Å². The Morgan fingerprint density at radius 2 is 2.10 bits per heavy atom. The van der Waals surface area contributed by atoms with Gasteiger partial charge in [0.05, 0.1) is 11.4 Å². The van der Waals surface area contributed by atoms with Crippen molar-refractivity contribution in [3.8, 4) is 11.3 Å². The van der Waals surface area contributed by atoms with Crippen molar-refractivity contribution in [2.24, 2.45) is 7.05 Å². The van der Waals surface area contributed by atoms with Crippen LogP contribution < -0.4 is 5.32 Å². The predicted molar refractivity (Wildman–Crippen MR) is 78.5 cm³/mol. The molecular formula is C15H20N4O. The maximum absolute atomic E-state index is 12.0. The van der Waals surface area contributed by atoms with E-state index in [0.29, 0.717) is 12.2 Å². The fraction of sp³-hybridized carbons (Fsp3) is 0.400. The van der Waals surface area contributed by atoms with Crippen LogP contribution >= 0.6 is 0 Å². The maximum atomic E-state index is 12.0. The summed E-state index contributed by atoms with van der Waals surface area (Å²) in [4.78, 5) is 16.4. The number of aryl methyl sites for hydroxylation is 2. The topological polar surface area (TPSA) is 59.8 Å². The van der Waals surface area contributed by atoms with Gasteiger partial charge in [0.2, 0.25) is 0 Å². The molecule has 20 heavy (non-hydrogen) atoms. The molecule has 0 saturated carbocycles. The average Bonchev–Trinajstić information content (AvgIpc) is 2.69. The molecule has 0 aromatic carbocycles. The first kappa shape index (κ1) is 14.2. The molecule has 1 N–H and O–H groups in total. The zero-order valence-electron chi connectivity index (χ0n) is 12.4. The van der Waals surface area contributed by atoms with Gasteiger partial charge in [-0.2, -0.15) is 5.10 Å². The largest absolute Gasteiger partial charge is 0.351 e. The van der Waals surface area contributed by atoms with Gasteiger partial charge in [-0.25, -0.2) is 4.98 Å². The molecule has 0 saturated heterocycles. The van der Waals surface area contributed by atoms with Gasteiger partial charge < -0.3 is 5.32 Å². The number of hydrogen-bond acceptors (Lipinski definition) is 3. The smallest absolute Gasteiger partial charge is 0.269 e. The van der Waals surface area contributed by atoms with Crippen LogP contribution in [0.3, 0.4) is 0 Å². The van der Waals surface area contributed by atoms with Crippen LogP contribution in [0.25, 0.3) is 11.3 Å². The summed E-state index contributed by atoms with van der Waals surface area (Å²) in [6, 6.07) is 5.50. The van der Waals surface area contributed by atoms with Crippen LogP contribution in [0.5, 0.6) is 0 Å². The first-order chi connectivity index (χ1) is 9.54. The Morgan fingerprint density at radius 1 is 1.35 bits per heavy atom. The van der Waals surface area contributed by atoms with E-state index in [4.69, 9.17) is 0 Å². The van der Waals surface area contributed by atoms with Crippen molar-refractivity contribution >= 4 is 5.91 Å². The molecule has 0 aliphatic heterocycles. The van der Waals surface area contributed by atoms with Crippen LogP contribution in [-0.2, 0) is 7.05 Å². The summed E-state index contributed by atoms with van der Waals surface area (Å²) in [5.74, 6) is -0.132. The molecule has 0 aliphatic rings. The maximum Gasteiger partial charge on any atom is 0.269 e. The third-order valence-electron chi connectivity index (χ3n) is 3.28. The summed E-state index contributed by atoms with van der Waals surface area (Å²) in [7, 11) is 1.91. The molecule has 106 valence electrons. The quantitative estimate of drug-likeness (QED) is 0.928. The Hall–Kier alpha value is -2.17. The third-order valence-corrected chi connectivity index (χ3v) is 3.28. The van der Waals surface area contributed by atoms with E-state index in [2.05, 4.69) is 15.4 Å². The van der Waals surface area contributed by atoms with Gasteiger partial charge in [0.25, 0.3) is 5.91 Å². The minimum atomic E-state index is -0.132. The summed E-state index contributed by atoms with van der Waals surface area (Å²) in [6.45, 7) is 6.64. The fourth-order valence-corrected chi connectivity index (χ4v) is 2.17. The SMILES string of the molecule is CCCNC(=O)c1cccc(-c2c(C)nn(C)c2C)n1. The number of pyridine rings is 1. The van der Waals surface area contributed by atoms with Gasteiger partial charge in [0.1, 0.15) is 5.69 Å². The zero-order chi connectivity index (χ0) is 14.7. The van der Waals surface area contributed by atoms with E-state index >= 15 is 0 Å². The highest BCUT2D eigenvalue weighted by molar-refractivity contribution is 5.92. The lowest BCUT2D eigenvalue weighted by atomic mass is 10.1.